The van der Waals surface area contributed by atoms with Gasteiger partial charge in [0.2, 0.25) is 5.91 Å². The number of anilines is 2. The smallest absolute Gasteiger partial charge is 0.255 e. The molecule has 1 aliphatic rings. The zero-order valence-corrected chi connectivity index (χ0v) is 16.1. The first-order valence-corrected chi connectivity index (χ1v) is 9.32. The highest BCUT2D eigenvalue weighted by Gasteiger charge is 2.58. The molecule has 28 heavy (non-hydrogen) atoms. The summed E-state index contributed by atoms with van der Waals surface area (Å²) < 4.78 is 0. The number of hydrogen-bond donors (Lipinski definition) is 1. The summed E-state index contributed by atoms with van der Waals surface area (Å²) in [6, 6.07) is 17.2. The van der Waals surface area contributed by atoms with E-state index < -0.39 is 5.54 Å². The van der Waals surface area contributed by atoms with Gasteiger partial charge < -0.3 is 5.32 Å². The topological polar surface area (TPSA) is 62.3 Å². The maximum absolute atomic E-state index is 13.4. The number of hydrogen-bond acceptors (Lipinski definition) is 3. The molecule has 2 heterocycles. The number of aromatic nitrogens is 1. The number of nitrogens with zero attached hydrogens (tertiary/aromatic N) is 2. The third kappa shape index (κ3) is 3.13. The zero-order valence-electron chi connectivity index (χ0n) is 14.6. The summed E-state index contributed by atoms with van der Waals surface area (Å²) in [6.07, 6.45) is 3.28. The Bertz CT molecular complexity index is 1020. The zero-order chi connectivity index (χ0) is 19.7. The molecule has 3 aromatic rings. The Morgan fingerprint density at radius 1 is 1.00 bits per heavy atom. The molecule has 140 valence electrons. The van der Waals surface area contributed by atoms with Gasteiger partial charge >= 0.3 is 0 Å². The van der Waals surface area contributed by atoms with Crippen LogP contribution in [0.1, 0.15) is 12.0 Å². The Morgan fingerprint density at radius 3 is 2.21 bits per heavy atom. The van der Waals surface area contributed by atoms with Crippen LogP contribution in [0.25, 0.3) is 0 Å². The van der Waals surface area contributed by atoms with Crippen LogP contribution in [0.4, 0.5) is 11.4 Å². The first kappa shape index (κ1) is 18.5. The molecule has 2 amide bonds. The van der Waals surface area contributed by atoms with Crippen molar-refractivity contribution in [1.82, 2.24) is 4.98 Å². The molecular weight excluding hydrogens is 397 g/mol. The Balaban J connectivity index is 1.77. The molecule has 1 atom stereocenters. The summed E-state index contributed by atoms with van der Waals surface area (Å²) in [5.41, 5.74) is 0.624. The molecule has 7 heteroatoms. The molecular formula is C21H15Cl2N3O2. The number of carbonyl (C=O) groups excluding carboxylic acids is 2. The quantitative estimate of drug-likeness (QED) is 0.634. The number of rotatable bonds is 4. The Labute approximate surface area is 171 Å². The van der Waals surface area contributed by atoms with Gasteiger partial charge in [-0.25, -0.2) is 0 Å². The second-order valence-electron chi connectivity index (χ2n) is 6.45. The van der Waals surface area contributed by atoms with E-state index >= 15 is 0 Å². The number of pyridine rings is 1. The fraction of sp³-hybridized carbons (Fsp3) is 0.0952. The van der Waals surface area contributed by atoms with E-state index in [9.17, 15) is 9.59 Å². The van der Waals surface area contributed by atoms with Crippen molar-refractivity contribution in [2.24, 2.45) is 0 Å². The van der Waals surface area contributed by atoms with E-state index in [1.807, 2.05) is 0 Å². The Hall–Kier alpha value is -2.89. The average molecular weight is 412 g/mol. The molecule has 1 aromatic heterocycles. The van der Waals surface area contributed by atoms with Crippen molar-refractivity contribution in [2.45, 2.75) is 12.0 Å². The van der Waals surface area contributed by atoms with Gasteiger partial charge in [-0.2, -0.15) is 0 Å². The summed E-state index contributed by atoms with van der Waals surface area (Å²) in [7, 11) is 0. The van der Waals surface area contributed by atoms with E-state index in [1.165, 1.54) is 4.90 Å². The van der Waals surface area contributed by atoms with Crippen molar-refractivity contribution in [3.8, 4) is 0 Å². The lowest BCUT2D eigenvalue weighted by molar-refractivity contribution is -0.137. The van der Waals surface area contributed by atoms with Crippen LogP contribution in [0.2, 0.25) is 10.0 Å². The highest BCUT2D eigenvalue weighted by Crippen LogP contribution is 2.45. The van der Waals surface area contributed by atoms with E-state index in [0.717, 1.165) is 0 Å². The van der Waals surface area contributed by atoms with Gasteiger partial charge in [0.15, 0.2) is 5.54 Å². The monoisotopic (exact) mass is 411 g/mol. The van der Waals surface area contributed by atoms with Gasteiger partial charge in [0, 0.05) is 39.4 Å². The van der Waals surface area contributed by atoms with Gasteiger partial charge in [-0.3, -0.25) is 19.5 Å². The summed E-state index contributed by atoms with van der Waals surface area (Å²) in [5, 5.41) is 4.02. The molecule has 1 aliphatic heterocycles. The molecule has 2 aromatic carbocycles. The number of carbonyl (C=O) groups is 2. The molecule has 4 rings (SSSR count). The maximum atomic E-state index is 13.4. The number of benzene rings is 2. The molecule has 0 radical (unpaired) electrons. The highest BCUT2D eigenvalue weighted by atomic mass is 35.5. The second kappa shape index (κ2) is 7.26. The minimum absolute atomic E-state index is 0.0424. The van der Waals surface area contributed by atoms with Crippen molar-refractivity contribution < 1.29 is 9.59 Å². The predicted octanol–water partition coefficient (Wildman–Crippen LogP) is 4.66. The summed E-state index contributed by atoms with van der Waals surface area (Å²) in [4.78, 5) is 31.6. The average Bonchev–Trinajstić information content (AvgIpc) is 2.70. The molecule has 0 spiro atoms. The minimum atomic E-state index is -1.20. The molecule has 1 N–H and O–H groups in total. The molecule has 0 bridgehead atoms. The minimum Gasteiger partial charge on any atom is -0.324 e. The van der Waals surface area contributed by atoms with Gasteiger partial charge in [-0.05, 0) is 54.6 Å². The summed E-state index contributed by atoms with van der Waals surface area (Å²) >= 11 is 11.9. The molecule has 1 saturated heterocycles. The fourth-order valence-electron chi connectivity index (χ4n) is 3.37. The van der Waals surface area contributed by atoms with E-state index in [1.54, 1.807) is 73.1 Å². The molecule has 5 nitrogen and oxygen atoms in total. The molecule has 1 unspecified atom stereocenters. The molecule has 0 aliphatic carbocycles. The van der Waals surface area contributed by atoms with Crippen molar-refractivity contribution in [3.63, 3.8) is 0 Å². The number of β-lactam (4-membered cyclic amide) rings is 1. The first-order chi connectivity index (χ1) is 13.5. The van der Waals surface area contributed by atoms with Crippen LogP contribution in [0.5, 0.6) is 0 Å². The van der Waals surface area contributed by atoms with Crippen LogP contribution in [0.15, 0.2) is 73.1 Å². The van der Waals surface area contributed by atoms with Crippen LogP contribution in [-0.4, -0.2) is 16.8 Å². The third-order valence-corrected chi connectivity index (χ3v) is 5.24. The maximum Gasteiger partial charge on any atom is 0.255 e. The van der Waals surface area contributed by atoms with Gasteiger partial charge in [0.05, 0.1) is 6.42 Å². The summed E-state index contributed by atoms with van der Waals surface area (Å²) in [6.45, 7) is 0. The SMILES string of the molecule is O=C1CC(C(=O)Nc2ccc(Cl)cc2)(c2cccnc2)N1c1ccc(Cl)cc1. The van der Waals surface area contributed by atoms with Gasteiger partial charge in [-0.15, -0.1) is 0 Å². The predicted molar refractivity (Wildman–Crippen MR) is 110 cm³/mol. The van der Waals surface area contributed by atoms with Crippen molar-refractivity contribution in [2.75, 3.05) is 10.2 Å². The van der Waals surface area contributed by atoms with E-state index in [-0.39, 0.29) is 18.2 Å². The van der Waals surface area contributed by atoms with Crippen molar-refractivity contribution in [1.29, 1.82) is 0 Å². The number of halogens is 2. The lowest BCUT2D eigenvalue weighted by Gasteiger charge is -2.50. The molecule has 1 fully saturated rings. The lowest BCUT2D eigenvalue weighted by Crippen LogP contribution is -2.67. The van der Waals surface area contributed by atoms with E-state index in [0.29, 0.717) is 27.0 Å². The van der Waals surface area contributed by atoms with Gasteiger partial charge in [0.1, 0.15) is 0 Å². The van der Waals surface area contributed by atoms with Crippen molar-refractivity contribution >= 4 is 46.4 Å². The first-order valence-electron chi connectivity index (χ1n) is 8.57. The van der Waals surface area contributed by atoms with Gasteiger partial charge in [-0.1, -0.05) is 29.3 Å². The third-order valence-electron chi connectivity index (χ3n) is 4.74. The highest BCUT2D eigenvalue weighted by molar-refractivity contribution is 6.31. The molecule has 0 saturated carbocycles. The van der Waals surface area contributed by atoms with Crippen LogP contribution in [-0.2, 0) is 15.1 Å². The van der Waals surface area contributed by atoms with Crippen molar-refractivity contribution in [3.05, 3.63) is 88.7 Å². The largest absolute Gasteiger partial charge is 0.324 e. The number of nitrogens with one attached hydrogen (secondary N) is 1. The van der Waals surface area contributed by atoms with Gasteiger partial charge in [0.25, 0.3) is 5.91 Å². The van der Waals surface area contributed by atoms with E-state index in [4.69, 9.17) is 23.2 Å². The Kier molecular flexibility index (Phi) is 4.79. The fourth-order valence-corrected chi connectivity index (χ4v) is 3.62. The second-order valence-corrected chi connectivity index (χ2v) is 7.32. The summed E-state index contributed by atoms with van der Waals surface area (Å²) in [5.74, 6) is -0.477. The standard InChI is InChI=1S/C21H15Cl2N3O2/c22-15-3-7-17(8-4-15)25-20(28)21(14-2-1-11-24-13-14)12-19(27)26(21)18-9-5-16(23)6-10-18/h1-11,13H,12H2,(H,25,28). The number of amides is 2. The van der Waals surface area contributed by atoms with Crippen LogP contribution >= 0.6 is 23.2 Å². The van der Waals surface area contributed by atoms with Crippen LogP contribution < -0.4 is 10.2 Å². The Morgan fingerprint density at radius 2 is 1.64 bits per heavy atom. The lowest BCUT2D eigenvalue weighted by atomic mass is 9.76. The van der Waals surface area contributed by atoms with E-state index in [2.05, 4.69) is 10.3 Å². The van der Waals surface area contributed by atoms with Crippen LogP contribution in [0.3, 0.4) is 0 Å². The van der Waals surface area contributed by atoms with Crippen LogP contribution in [0, 0.1) is 0 Å². The normalized spacial score (nSPS) is 18.5.